The quantitative estimate of drug-likeness (QED) is 0.853. The third kappa shape index (κ3) is 3.23. The summed E-state index contributed by atoms with van der Waals surface area (Å²) in [5.74, 6) is -0.362. The summed E-state index contributed by atoms with van der Waals surface area (Å²) in [7, 11) is 0. The Bertz CT molecular complexity index is 424. The number of hydrogen-bond acceptors (Lipinski definition) is 4. The molecule has 1 amide bonds. The molecular weight excluding hydrogens is 258 g/mol. The van der Waals surface area contributed by atoms with Crippen LogP contribution in [0.4, 0.5) is 0 Å². The molecular formula is C11H13NO3S2. The molecule has 1 aliphatic rings. The third-order valence-corrected chi connectivity index (χ3v) is 4.63. The molecule has 17 heavy (non-hydrogen) atoms. The van der Waals surface area contributed by atoms with Crippen molar-refractivity contribution in [2.75, 3.05) is 18.8 Å². The number of carboxylic acid groups (broad SMARTS) is 1. The number of likely N-dealkylation sites (tertiary alicyclic amines) is 1. The molecule has 1 aromatic heterocycles. The Morgan fingerprint density at radius 2 is 2.12 bits per heavy atom. The van der Waals surface area contributed by atoms with E-state index in [9.17, 15) is 9.59 Å². The second kappa shape index (κ2) is 5.55. The number of carboxylic acids is 1. The van der Waals surface area contributed by atoms with Crippen molar-refractivity contribution < 1.29 is 14.7 Å². The molecule has 0 aliphatic carbocycles. The molecule has 0 aromatic carbocycles. The fraction of sp³-hybridized carbons (Fsp3) is 0.455. The number of rotatable bonds is 4. The van der Waals surface area contributed by atoms with Crippen LogP contribution >= 0.6 is 23.1 Å². The Labute approximate surface area is 108 Å². The highest BCUT2D eigenvalue weighted by molar-refractivity contribution is 8.00. The fourth-order valence-electron chi connectivity index (χ4n) is 1.71. The predicted molar refractivity (Wildman–Crippen MR) is 67.8 cm³/mol. The monoisotopic (exact) mass is 271 g/mol. The van der Waals surface area contributed by atoms with Crippen LogP contribution in [-0.2, 0) is 4.79 Å². The maximum atomic E-state index is 11.8. The van der Waals surface area contributed by atoms with E-state index < -0.39 is 5.97 Å². The lowest BCUT2D eigenvalue weighted by molar-refractivity contribution is -0.127. The maximum Gasteiger partial charge on any atom is 0.345 e. The van der Waals surface area contributed by atoms with Crippen molar-refractivity contribution in [3.05, 3.63) is 16.3 Å². The van der Waals surface area contributed by atoms with E-state index in [1.165, 1.54) is 23.1 Å². The van der Waals surface area contributed by atoms with Crippen LogP contribution in [0.2, 0.25) is 0 Å². The molecule has 2 heterocycles. The van der Waals surface area contributed by atoms with Gasteiger partial charge < -0.3 is 10.0 Å². The van der Waals surface area contributed by atoms with Gasteiger partial charge in [-0.15, -0.1) is 23.1 Å². The van der Waals surface area contributed by atoms with E-state index in [2.05, 4.69) is 0 Å². The summed E-state index contributed by atoms with van der Waals surface area (Å²) in [6, 6.07) is 1.62. The molecule has 4 nitrogen and oxygen atoms in total. The van der Waals surface area contributed by atoms with Gasteiger partial charge >= 0.3 is 5.97 Å². The standard InChI is InChI=1S/C11H13NO3S2/c13-10(12-3-1-2-4-12)7-16-8-5-9(11(14)15)17-6-8/h5-6H,1-4,7H2,(H,14,15). The summed E-state index contributed by atoms with van der Waals surface area (Å²) in [4.78, 5) is 25.5. The van der Waals surface area contributed by atoms with E-state index in [0.717, 1.165) is 30.8 Å². The molecule has 1 N–H and O–H groups in total. The summed E-state index contributed by atoms with van der Waals surface area (Å²) in [6.45, 7) is 1.73. The molecule has 6 heteroatoms. The van der Waals surface area contributed by atoms with Crippen LogP contribution in [0.25, 0.3) is 0 Å². The topological polar surface area (TPSA) is 57.6 Å². The number of carbonyl (C=O) groups is 2. The van der Waals surface area contributed by atoms with Crippen LogP contribution in [0, 0.1) is 0 Å². The zero-order chi connectivity index (χ0) is 12.3. The SMILES string of the molecule is O=C(O)c1cc(SCC(=O)N2CCCC2)cs1. The Morgan fingerprint density at radius 3 is 2.71 bits per heavy atom. The summed E-state index contributed by atoms with van der Waals surface area (Å²) < 4.78 is 0. The van der Waals surface area contributed by atoms with E-state index in [4.69, 9.17) is 5.11 Å². The second-order valence-electron chi connectivity index (χ2n) is 3.83. The molecule has 1 saturated heterocycles. The van der Waals surface area contributed by atoms with Gasteiger partial charge in [0.2, 0.25) is 5.91 Å². The summed E-state index contributed by atoms with van der Waals surface area (Å²) >= 11 is 2.61. The average Bonchev–Trinajstić information content (AvgIpc) is 2.97. The van der Waals surface area contributed by atoms with Gasteiger partial charge in [-0.25, -0.2) is 4.79 Å². The minimum absolute atomic E-state index is 0.149. The average molecular weight is 271 g/mol. The van der Waals surface area contributed by atoms with Crippen LogP contribution in [0.5, 0.6) is 0 Å². The number of carbonyl (C=O) groups excluding carboxylic acids is 1. The van der Waals surface area contributed by atoms with Gasteiger partial charge in [0.15, 0.2) is 0 Å². The van der Waals surface area contributed by atoms with Crippen molar-refractivity contribution >= 4 is 35.0 Å². The Kier molecular flexibility index (Phi) is 4.06. The zero-order valence-electron chi connectivity index (χ0n) is 9.22. The van der Waals surface area contributed by atoms with E-state index >= 15 is 0 Å². The summed E-state index contributed by atoms with van der Waals surface area (Å²) in [6.07, 6.45) is 2.19. The Morgan fingerprint density at radius 1 is 1.41 bits per heavy atom. The first-order chi connectivity index (χ1) is 8.16. The van der Waals surface area contributed by atoms with E-state index in [0.29, 0.717) is 10.6 Å². The van der Waals surface area contributed by atoms with Gasteiger partial charge in [0, 0.05) is 23.4 Å². The van der Waals surface area contributed by atoms with Crippen molar-refractivity contribution in [1.29, 1.82) is 0 Å². The summed E-state index contributed by atoms with van der Waals surface area (Å²) in [5, 5.41) is 10.6. The fourth-order valence-corrected chi connectivity index (χ4v) is 3.48. The molecule has 0 saturated carbocycles. The predicted octanol–water partition coefficient (Wildman–Crippen LogP) is 2.16. The molecule has 2 rings (SSSR count). The van der Waals surface area contributed by atoms with Crippen LogP contribution in [-0.4, -0.2) is 40.7 Å². The summed E-state index contributed by atoms with van der Waals surface area (Å²) in [5.41, 5.74) is 0. The Hall–Kier alpha value is -1.01. The molecule has 0 bridgehead atoms. The van der Waals surface area contributed by atoms with E-state index in [-0.39, 0.29) is 5.91 Å². The molecule has 0 atom stereocenters. The molecule has 92 valence electrons. The first kappa shape index (κ1) is 12.4. The number of thioether (sulfide) groups is 1. The van der Waals surface area contributed by atoms with Crippen LogP contribution in [0.1, 0.15) is 22.5 Å². The maximum absolute atomic E-state index is 11.8. The molecule has 0 spiro atoms. The second-order valence-corrected chi connectivity index (χ2v) is 5.79. The van der Waals surface area contributed by atoms with Crippen molar-refractivity contribution in [3.8, 4) is 0 Å². The normalized spacial score (nSPS) is 15.2. The minimum atomic E-state index is -0.910. The molecule has 1 aromatic rings. The lowest BCUT2D eigenvalue weighted by atomic mass is 10.4. The zero-order valence-corrected chi connectivity index (χ0v) is 10.9. The molecule has 0 unspecified atom stereocenters. The van der Waals surface area contributed by atoms with Gasteiger partial charge in [-0.2, -0.15) is 0 Å². The van der Waals surface area contributed by atoms with Crippen molar-refractivity contribution in [1.82, 2.24) is 4.90 Å². The lowest BCUT2D eigenvalue weighted by Gasteiger charge is -2.14. The molecule has 1 aliphatic heterocycles. The minimum Gasteiger partial charge on any atom is -0.477 e. The van der Waals surface area contributed by atoms with Gasteiger partial charge in [0.1, 0.15) is 4.88 Å². The molecule has 1 fully saturated rings. The third-order valence-electron chi connectivity index (χ3n) is 2.61. The van der Waals surface area contributed by atoms with Crippen LogP contribution in [0.3, 0.4) is 0 Å². The highest BCUT2D eigenvalue weighted by Gasteiger charge is 2.18. The van der Waals surface area contributed by atoms with Gasteiger partial charge in [0.05, 0.1) is 5.75 Å². The number of nitrogens with zero attached hydrogens (tertiary/aromatic N) is 1. The smallest absolute Gasteiger partial charge is 0.345 e. The molecule has 0 radical (unpaired) electrons. The highest BCUT2D eigenvalue weighted by atomic mass is 32.2. The van der Waals surface area contributed by atoms with Gasteiger partial charge in [0.25, 0.3) is 0 Å². The van der Waals surface area contributed by atoms with Gasteiger partial charge in [-0.05, 0) is 18.9 Å². The van der Waals surface area contributed by atoms with Crippen molar-refractivity contribution in [2.24, 2.45) is 0 Å². The number of amides is 1. The number of hydrogen-bond donors (Lipinski definition) is 1. The number of aromatic carboxylic acids is 1. The van der Waals surface area contributed by atoms with Crippen molar-refractivity contribution in [3.63, 3.8) is 0 Å². The first-order valence-corrected chi connectivity index (χ1v) is 7.26. The van der Waals surface area contributed by atoms with Crippen LogP contribution < -0.4 is 0 Å². The van der Waals surface area contributed by atoms with Gasteiger partial charge in [-0.1, -0.05) is 0 Å². The van der Waals surface area contributed by atoms with Crippen LogP contribution in [0.15, 0.2) is 16.3 Å². The highest BCUT2D eigenvalue weighted by Crippen LogP contribution is 2.25. The number of thiophene rings is 1. The van der Waals surface area contributed by atoms with Crippen molar-refractivity contribution in [2.45, 2.75) is 17.7 Å². The van der Waals surface area contributed by atoms with Gasteiger partial charge in [-0.3, -0.25) is 4.79 Å². The van der Waals surface area contributed by atoms with E-state index in [1.54, 1.807) is 11.4 Å². The lowest BCUT2D eigenvalue weighted by Crippen LogP contribution is -2.29. The van der Waals surface area contributed by atoms with E-state index in [1.807, 2.05) is 4.90 Å². The Balaban J connectivity index is 1.84. The first-order valence-electron chi connectivity index (χ1n) is 5.39. The largest absolute Gasteiger partial charge is 0.477 e.